The van der Waals surface area contributed by atoms with Crippen molar-refractivity contribution in [1.29, 1.82) is 5.26 Å². The predicted molar refractivity (Wildman–Crippen MR) is 111 cm³/mol. The maximum atomic E-state index is 13.3. The normalized spacial score (nSPS) is 10.4. The number of aromatic nitrogens is 1. The number of thiophene rings is 1. The van der Waals surface area contributed by atoms with Crippen LogP contribution in [-0.4, -0.2) is 10.9 Å². The van der Waals surface area contributed by atoms with Gasteiger partial charge in [0, 0.05) is 34.1 Å². The number of rotatable bonds is 4. The van der Waals surface area contributed by atoms with E-state index in [0.717, 1.165) is 17.4 Å². The van der Waals surface area contributed by atoms with Gasteiger partial charge in [0.1, 0.15) is 0 Å². The highest BCUT2D eigenvalue weighted by atomic mass is 32.1. The van der Waals surface area contributed by atoms with E-state index in [1.54, 1.807) is 41.1 Å². The number of carbonyl (C=O) groups excluding carboxylic acids is 1. The first-order valence-electron chi connectivity index (χ1n) is 8.57. The number of hydrogen-bond acceptors (Lipinski definition) is 4. The Morgan fingerprint density at radius 2 is 1.68 bits per heavy atom. The van der Waals surface area contributed by atoms with Crippen LogP contribution in [-0.2, 0) is 0 Å². The molecular formula is C23H14N2O2S. The van der Waals surface area contributed by atoms with Crippen molar-refractivity contribution in [3.05, 3.63) is 99.1 Å². The number of nitriles is 1. The molecule has 0 atom stereocenters. The minimum Gasteiger partial charge on any atom is -0.297 e. The minimum atomic E-state index is -0.222. The average Bonchev–Trinajstić information content (AvgIpc) is 3.23. The van der Waals surface area contributed by atoms with Gasteiger partial charge >= 0.3 is 0 Å². The van der Waals surface area contributed by atoms with Gasteiger partial charge in [0.15, 0.2) is 6.29 Å². The zero-order chi connectivity index (χ0) is 19.5. The smallest absolute Gasteiger partial charge is 0.263 e. The van der Waals surface area contributed by atoms with Crippen LogP contribution in [0.25, 0.3) is 27.9 Å². The molecule has 134 valence electrons. The van der Waals surface area contributed by atoms with Gasteiger partial charge in [-0.15, -0.1) is 11.3 Å². The molecule has 4 aromatic rings. The van der Waals surface area contributed by atoms with E-state index < -0.39 is 0 Å². The highest BCUT2D eigenvalue weighted by Gasteiger charge is 2.16. The van der Waals surface area contributed by atoms with Gasteiger partial charge in [-0.05, 0) is 35.7 Å². The van der Waals surface area contributed by atoms with Gasteiger partial charge in [0.25, 0.3) is 5.56 Å². The van der Waals surface area contributed by atoms with Gasteiger partial charge in [-0.1, -0.05) is 36.4 Å². The van der Waals surface area contributed by atoms with Crippen LogP contribution in [0.1, 0.15) is 15.2 Å². The molecule has 0 saturated heterocycles. The first-order valence-corrected chi connectivity index (χ1v) is 9.45. The Balaban J connectivity index is 2.06. The van der Waals surface area contributed by atoms with E-state index in [4.69, 9.17) is 0 Å². The van der Waals surface area contributed by atoms with Crippen molar-refractivity contribution in [2.24, 2.45) is 0 Å². The molecule has 0 aliphatic carbocycles. The SMILES string of the molecule is N#Cc1ccccc1-c1cc(-c2ccsc2C=O)cn(-c2ccccc2)c1=O. The van der Waals surface area contributed by atoms with Gasteiger partial charge in [-0.3, -0.25) is 14.2 Å². The maximum absolute atomic E-state index is 13.3. The Hall–Kier alpha value is -3.75. The molecule has 0 aliphatic heterocycles. The fourth-order valence-corrected chi connectivity index (χ4v) is 3.89. The molecule has 4 rings (SSSR count). The van der Waals surface area contributed by atoms with Crippen molar-refractivity contribution in [2.45, 2.75) is 0 Å². The Kier molecular flexibility index (Phi) is 4.71. The minimum absolute atomic E-state index is 0.222. The van der Waals surface area contributed by atoms with E-state index in [0.29, 0.717) is 27.3 Å². The summed E-state index contributed by atoms with van der Waals surface area (Å²) in [5.74, 6) is 0. The van der Waals surface area contributed by atoms with Crippen molar-refractivity contribution in [2.75, 3.05) is 0 Å². The largest absolute Gasteiger partial charge is 0.297 e. The van der Waals surface area contributed by atoms with E-state index in [1.807, 2.05) is 41.8 Å². The van der Waals surface area contributed by atoms with Gasteiger partial charge < -0.3 is 0 Å². The van der Waals surface area contributed by atoms with E-state index in [1.165, 1.54) is 11.3 Å². The number of carbonyl (C=O) groups is 1. The molecule has 2 heterocycles. The van der Waals surface area contributed by atoms with Gasteiger partial charge in [0.2, 0.25) is 0 Å². The summed E-state index contributed by atoms with van der Waals surface area (Å²) in [5.41, 5.74) is 3.42. The molecule has 2 aromatic heterocycles. The summed E-state index contributed by atoms with van der Waals surface area (Å²) < 4.78 is 1.56. The number of para-hydroxylation sites is 1. The second-order valence-electron chi connectivity index (χ2n) is 6.13. The Labute approximate surface area is 165 Å². The standard InChI is InChI=1S/C23H14N2O2S/c24-13-16-6-4-5-9-19(16)21-12-17(20-10-11-28-22(20)15-26)14-25(23(21)27)18-7-2-1-3-8-18/h1-12,14-15H. The second kappa shape index (κ2) is 7.47. The third kappa shape index (κ3) is 3.07. The van der Waals surface area contributed by atoms with E-state index in [2.05, 4.69) is 6.07 Å². The molecule has 0 unspecified atom stereocenters. The Bertz CT molecular complexity index is 1260. The van der Waals surface area contributed by atoms with Crippen LogP contribution in [0.5, 0.6) is 0 Å². The zero-order valence-corrected chi connectivity index (χ0v) is 15.5. The summed E-state index contributed by atoms with van der Waals surface area (Å²) in [6, 6.07) is 22.1. The summed E-state index contributed by atoms with van der Waals surface area (Å²) >= 11 is 1.35. The molecule has 0 amide bonds. The number of hydrogen-bond donors (Lipinski definition) is 0. The van der Waals surface area contributed by atoms with E-state index >= 15 is 0 Å². The molecule has 28 heavy (non-hydrogen) atoms. The first kappa shape index (κ1) is 17.7. The molecule has 0 spiro atoms. The lowest BCUT2D eigenvalue weighted by atomic mass is 9.98. The summed E-state index contributed by atoms with van der Waals surface area (Å²) in [5, 5.41) is 11.3. The molecule has 0 aliphatic rings. The quantitative estimate of drug-likeness (QED) is 0.471. The van der Waals surface area contributed by atoms with Crippen LogP contribution in [0, 0.1) is 11.3 Å². The van der Waals surface area contributed by atoms with Gasteiger partial charge in [0.05, 0.1) is 16.5 Å². The highest BCUT2D eigenvalue weighted by Crippen LogP contribution is 2.30. The molecule has 0 fully saturated rings. The van der Waals surface area contributed by atoms with Crippen molar-refractivity contribution >= 4 is 17.6 Å². The number of nitrogens with zero attached hydrogens (tertiary/aromatic N) is 2. The van der Waals surface area contributed by atoms with Crippen LogP contribution >= 0.6 is 11.3 Å². The van der Waals surface area contributed by atoms with Crippen LogP contribution in [0.4, 0.5) is 0 Å². The van der Waals surface area contributed by atoms with E-state index in [9.17, 15) is 14.9 Å². The highest BCUT2D eigenvalue weighted by molar-refractivity contribution is 7.12. The molecule has 5 heteroatoms. The molecular weight excluding hydrogens is 368 g/mol. The van der Waals surface area contributed by atoms with Crippen molar-refractivity contribution in [3.63, 3.8) is 0 Å². The van der Waals surface area contributed by atoms with Crippen molar-refractivity contribution in [1.82, 2.24) is 4.57 Å². The lowest BCUT2D eigenvalue weighted by Gasteiger charge is -2.13. The third-order valence-electron chi connectivity index (χ3n) is 4.50. The average molecular weight is 382 g/mol. The summed E-state index contributed by atoms with van der Waals surface area (Å²) in [4.78, 5) is 25.3. The Morgan fingerprint density at radius 3 is 2.43 bits per heavy atom. The van der Waals surface area contributed by atoms with Crippen LogP contribution in [0.15, 0.2) is 83.1 Å². The molecule has 0 radical (unpaired) electrons. The molecule has 0 saturated carbocycles. The number of aldehydes is 1. The number of benzene rings is 2. The molecule has 2 aromatic carbocycles. The van der Waals surface area contributed by atoms with Gasteiger partial charge in [-0.2, -0.15) is 5.26 Å². The molecule has 0 bridgehead atoms. The lowest BCUT2D eigenvalue weighted by molar-refractivity contribution is 0.112. The topological polar surface area (TPSA) is 62.9 Å². The second-order valence-corrected chi connectivity index (χ2v) is 7.07. The van der Waals surface area contributed by atoms with Crippen molar-refractivity contribution < 1.29 is 4.79 Å². The number of pyridine rings is 1. The zero-order valence-electron chi connectivity index (χ0n) is 14.7. The Morgan fingerprint density at radius 1 is 0.929 bits per heavy atom. The molecule has 4 nitrogen and oxygen atoms in total. The predicted octanol–water partition coefficient (Wildman–Crippen LogP) is 4.92. The first-order chi connectivity index (χ1) is 13.7. The van der Waals surface area contributed by atoms with E-state index in [-0.39, 0.29) is 5.56 Å². The third-order valence-corrected chi connectivity index (χ3v) is 5.34. The summed E-state index contributed by atoms with van der Waals surface area (Å²) in [6.07, 6.45) is 2.56. The summed E-state index contributed by atoms with van der Waals surface area (Å²) in [6.45, 7) is 0. The maximum Gasteiger partial charge on any atom is 0.263 e. The fourth-order valence-electron chi connectivity index (χ4n) is 3.17. The van der Waals surface area contributed by atoms with Crippen molar-refractivity contribution in [3.8, 4) is 34.0 Å². The lowest BCUT2D eigenvalue weighted by Crippen LogP contribution is -2.20. The molecule has 0 N–H and O–H groups in total. The van der Waals surface area contributed by atoms with Crippen LogP contribution < -0.4 is 5.56 Å². The fraction of sp³-hybridized carbons (Fsp3) is 0. The monoisotopic (exact) mass is 382 g/mol. The van der Waals surface area contributed by atoms with Crippen LogP contribution in [0.3, 0.4) is 0 Å². The summed E-state index contributed by atoms with van der Waals surface area (Å²) in [7, 11) is 0. The van der Waals surface area contributed by atoms with Gasteiger partial charge in [-0.25, -0.2) is 0 Å². The van der Waals surface area contributed by atoms with Crippen LogP contribution in [0.2, 0.25) is 0 Å².